The van der Waals surface area contributed by atoms with Crippen molar-refractivity contribution in [3.63, 3.8) is 0 Å². The SMILES string of the molecule is CC(C)(O)C1CCN(C(=O)Cc2nc3cnc4[nH]ccc4c3n2C2CCC(CC#N)CC2)CC1. The van der Waals surface area contributed by atoms with E-state index in [1.54, 1.807) is 6.20 Å². The van der Waals surface area contributed by atoms with Gasteiger partial charge in [0, 0.05) is 37.1 Å². The summed E-state index contributed by atoms with van der Waals surface area (Å²) < 4.78 is 2.30. The zero-order valence-electron chi connectivity index (χ0n) is 20.1. The highest BCUT2D eigenvalue weighted by atomic mass is 16.3. The van der Waals surface area contributed by atoms with Gasteiger partial charge in [0.05, 0.1) is 29.8 Å². The summed E-state index contributed by atoms with van der Waals surface area (Å²) in [6.45, 7) is 5.07. The monoisotopic (exact) mass is 462 g/mol. The first kappa shape index (κ1) is 22.9. The molecule has 8 heteroatoms. The summed E-state index contributed by atoms with van der Waals surface area (Å²) in [5, 5.41) is 20.5. The minimum absolute atomic E-state index is 0.0993. The van der Waals surface area contributed by atoms with Gasteiger partial charge in [-0.25, -0.2) is 9.97 Å². The Morgan fingerprint density at radius 2 is 1.97 bits per heavy atom. The number of piperidine rings is 1. The first-order valence-corrected chi connectivity index (χ1v) is 12.5. The molecule has 5 rings (SSSR count). The molecule has 1 saturated carbocycles. The summed E-state index contributed by atoms with van der Waals surface area (Å²) in [4.78, 5) is 27.9. The van der Waals surface area contributed by atoms with Gasteiger partial charge in [-0.05, 0) is 70.3 Å². The highest BCUT2D eigenvalue weighted by Gasteiger charge is 2.33. The maximum Gasteiger partial charge on any atom is 0.230 e. The zero-order valence-corrected chi connectivity index (χ0v) is 20.1. The van der Waals surface area contributed by atoms with Crippen molar-refractivity contribution in [2.24, 2.45) is 11.8 Å². The van der Waals surface area contributed by atoms with E-state index in [4.69, 9.17) is 10.2 Å². The highest BCUT2D eigenvalue weighted by Crippen LogP contribution is 2.38. The lowest BCUT2D eigenvalue weighted by molar-refractivity contribution is -0.133. The highest BCUT2D eigenvalue weighted by molar-refractivity contribution is 6.01. The van der Waals surface area contributed by atoms with Crippen molar-refractivity contribution in [2.75, 3.05) is 13.1 Å². The van der Waals surface area contributed by atoms with Crippen LogP contribution in [-0.4, -0.2) is 54.1 Å². The number of nitriles is 1. The van der Waals surface area contributed by atoms with Crippen molar-refractivity contribution in [1.82, 2.24) is 24.4 Å². The van der Waals surface area contributed by atoms with E-state index >= 15 is 0 Å². The van der Waals surface area contributed by atoms with E-state index in [0.29, 0.717) is 25.4 Å². The first-order valence-electron chi connectivity index (χ1n) is 12.5. The van der Waals surface area contributed by atoms with Gasteiger partial charge in [0.25, 0.3) is 0 Å². The van der Waals surface area contributed by atoms with E-state index < -0.39 is 5.60 Å². The number of amides is 1. The molecule has 0 bridgehead atoms. The van der Waals surface area contributed by atoms with Crippen LogP contribution in [0.3, 0.4) is 0 Å². The lowest BCUT2D eigenvalue weighted by atomic mass is 9.83. The quantitative estimate of drug-likeness (QED) is 0.593. The van der Waals surface area contributed by atoms with Crippen LogP contribution < -0.4 is 0 Å². The molecule has 3 aromatic heterocycles. The number of carbonyl (C=O) groups excluding carboxylic acids is 1. The van der Waals surface area contributed by atoms with Gasteiger partial charge in [0.15, 0.2) is 0 Å². The topological polar surface area (TPSA) is 111 Å². The van der Waals surface area contributed by atoms with E-state index in [0.717, 1.165) is 66.4 Å². The van der Waals surface area contributed by atoms with Crippen LogP contribution in [0.25, 0.3) is 22.1 Å². The molecular formula is C26H34N6O2. The predicted octanol–water partition coefficient (Wildman–Crippen LogP) is 4.11. The van der Waals surface area contributed by atoms with Crippen molar-refractivity contribution in [3.8, 4) is 6.07 Å². The fraction of sp³-hybridized carbons (Fsp3) is 0.615. The molecule has 4 heterocycles. The molecule has 2 fully saturated rings. The van der Waals surface area contributed by atoms with Crippen molar-refractivity contribution in [2.45, 2.75) is 76.9 Å². The number of aromatic amines is 1. The van der Waals surface area contributed by atoms with E-state index in [-0.39, 0.29) is 24.3 Å². The minimum atomic E-state index is -0.706. The molecule has 1 aliphatic carbocycles. The van der Waals surface area contributed by atoms with Gasteiger partial charge in [-0.1, -0.05) is 0 Å². The Hall–Kier alpha value is -2.92. The Labute approximate surface area is 200 Å². The number of nitrogens with one attached hydrogen (secondary N) is 1. The summed E-state index contributed by atoms with van der Waals surface area (Å²) in [5.74, 6) is 1.59. The Balaban J connectivity index is 1.43. The van der Waals surface area contributed by atoms with Crippen molar-refractivity contribution in [3.05, 3.63) is 24.3 Å². The van der Waals surface area contributed by atoms with Gasteiger partial charge < -0.3 is 19.6 Å². The van der Waals surface area contributed by atoms with Gasteiger partial charge in [0.2, 0.25) is 5.91 Å². The smallest absolute Gasteiger partial charge is 0.230 e. The van der Waals surface area contributed by atoms with Crippen LogP contribution in [0, 0.1) is 23.2 Å². The van der Waals surface area contributed by atoms with E-state index in [1.807, 2.05) is 31.0 Å². The fourth-order valence-electron chi connectivity index (χ4n) is 5.98. The minimum Gasteiger partial charge on any atom is -0.390 e. The van der Waals surface area contributed by atoms with Crippen molar-refractivity contribution in [1.29, 1.82) is 5.26 Å². The molecule has 0 radical (unpaired) electrons. The van der Waals surface area contributed by atoms with E-state index in [9.17, 15) is 9.90 Å². The average Bonchev–Trinajstić information content (AvgIpc) is 3.43. The molecule has 2 aliphatic rings. The molecule has 2 N–H and O–H groups in total. The normalized spacial score (nSPS) is 22.4. The number of aromatic nitrogens is 4. The Bertz CT molecular complexity index is 1210. The molecule has 0 spiro atoms. The first-order chi connectivity index (χ1) is 16.3. The van der Waals surface area contributed by atoms with Crippen molar-refractivity contribution < 1.29 is 9.90 Å². The zero-order chi connectivity index (χ0) is 23.9. The molecule has 8 nitrogen and oxygen atoms in total. The number of likely N-dealkylation sites (tertiary alicyclic amines) is 1. The van der Waals surface area contributed by atoms with Crippen LogP contribution in [-0.2, 0) is 11.2 Å². The molecule has 0 unspecified atom stereocenters. The lowest BCUT2D eigenvalue weighted by Crippen LogP contribution is -2.44. The number of fused-ring (bicyclic) bond motifs is 3. The second kappa shape index (κ2) is 9.03. The maximum absolute atomic E-state index is 13.3. The van der Waals surface area contributed by atoms with Crippen molar-refractivity contribution >= 4 is 28.0 Å². The van der Waals surface area contributed by atoms with Gasteiger partial charge >= 0.3 is 0 Å². The fourth-order valence-corrected chi connectivity index (χ4v) is 5.98. The molecule has 34 heavy (non-hydrogen) atoms. The maximum atomic E-state index is 13.3. The number of hydrogen-bond donors (Lipinski definition) is 2. The van der Waals surface area contributed by atoms with Gasteiger partial charge in [-0.15, -0.1) is 0 Å². The molecule has 0 aromatic carbocycles. The van der Waals surface area contributed by atoms with Crippen LogP contribution in [0.5, 0.6) is 0 Å². The summed E-state index contributed by atoms with van der Waals surface area (Å²) >= 11 is 0. The van der Waals surface area contributed by atoms with E-state index in [2.05, 4.69) is 20.6 Å². The standard InChI is InChI=1S/C26H34N6O2/c1-26(2,34)18-9-13-31(14-10-18)23(33)15-22-30-21-16-29-25-20(8-12-28-25)24(21)32(22)19-5-3-17(4-6-19)7-11-27/h8,12,16-19,34H,3-7,9-10,13-15H2,1-2H3,(H,28,29). The summed E-state index contributed by atoms with van der Waals surface area (Å²) in [5.41, 5.74) is 2.01. The number of pyridine rings is 1. The second-order valence-corrected chi connectivity index (χ2v) is 10.7. The molecule has 1 aliphatic heterocycles. The Morgan fingerprint density at radius 1 is 1.24 bits per heavy atom. The predicted molar refractivity (Wildman–Crippen MR) is 130 cm³/mol. The molecular weight excluding hydrogens is 428 g/mol. The number of aliphatic hydroxyl groups is 1. The molecule has 0 atom stereocenters. The molecule has 1 saturated heterocycles. The Kier molecular flexibility index (Phi) is 6.07. The van der Waals surface area contributed by atoms with Gasteiger partial charge in [-0.3, -0.25) is 4.79 Å². The molecule has 180 valence electrons. The van der Waals surface area contributed by atoms with Crippen LogP contribution in [0.15, 0.2) is 18.5 Å². The number of nitrogens with zero attached hydrogens (tertiary/aromatic N) is 5. The lowest BCUT2D eigenvalue weighted by Gasteiger charge is -2.38. The van der Waals surface area contributed by atoms with Crippen LogP contribution in [0.2, 0.25) is 0 Å². The Morgan fingerprint density at radius 3 is 2.65 bits per heavy atom. The van der Waals surface area contributed by atoms with Gasteiger partial charge in [0.1, 0.15) is 17.0 Å². The second-order valence-electron chi connectivity index (χ2n) is 10.7. The van der Waals surface area contributed by atoms with Crippen LogP contribution in [0.4, 0.5) is 0 Å². The summed E-state index contributed by atoms with van der Waals surface area (Å²) in [7, 11) is 0. The summed E-state index contributed by atoms with van der Waals surface area (Å²) in [6, 6.07) is 4.63. The number of rotatable bonds is 5. The molecule has 1 amide bonds. The van der Waals surface area contributed by atoms with E-state index in [1.165, 1.54) is 0 Å². The summed E-state index contributed by atoms with van der Waals surface area (Å²) in [6.07, 6.45) is 10.3. The third kappa shape index (κ3) is 4.29. The van der Waals surface area contributed by atoms with Crippen LogP contribution >= 0.6 is 0 Å². The number of hydrogen-bond acceptors (Lipinski definition) is 5. The average molecular weight is 463 g/mol. The van der Waals surface area contributed by atoms with Gasteiger partial charge in [-0.2, -0.15) is 5.26 Å². The third-order valence-corrected chi connectivity index (χ3v) is 8.02. The third-order valence-electron chi connectivity index (χ3n) is 8.02. The van der Waals surface area contributed by atoms with Crippen LogP contribution in [0.1, 0.15) is 70.7 Å². The number of H-pyrrole nitrogens is 1. The largest absolute Gasteiger partial charge is 0.390 e. The number of imidazole rings is 1. The number of carbonyl (C=O) groups is 1. The molecule has 3 aromatic rings.